The van der Waals surface area contributed by atoms with E-state index in [9.17, 15) is 4.39 Å². The number of pyridine rings is 1. The summed E-state index contributed by atoms with van der Waals surface area (Å²) in [4.78, 5) is 4.12. The largest absolute Gasteiger partial charge is 0.320 e. The van der Waals surface area contributed by atoms with Crippen molar-refractivity contribution in [1.82, 2.24) is 14.8 Å². The maximum Gasteiger partial charge on any atom is 0.141 e. The van der Waals surface area contributed by atoms with E-state index in [1.807, 2.05) is 24.7 Å². The molecule has 19 heavy (non-hydrogen) atoms. The van der Waals surface area contributed by atoms with Crippen LogP contribution in [0.5, 0.6) is 0 Å². The summed E-state index contributed by atoms with van der Waals surface area (Å²) in [5.41, 5.74) is 7.76. The topological polar surface area (TPSA) is 56.7 Å². The molecule has 4 nitrogen and oxygen atoms in total. The molecule has 0 aliphatic rings. The average Bonchev–Trinajstić information content (AvgIpc) is 2.82. The zero-order valence-electron chi connectivity index (χ0n) is 11.3. The van der Waals surface area contributed by atoms with Gasteiger partial charge < -0.3 is 5.73 Å². The minimum atomic E-state index is -0.530. The molecule has 0 aliphatic carbocycles. The van der Waals surface area contributed by atoms with E-state index in [0.29, 0.717) is 0 Å². The third-order valence-corrected chi connectivity index (χ3v) is 3.62. The van der Waals surface area contributed by atoms with Gasteiger partial charge in [-0.1, -0.05) is 6.92 Å². The highest BCUT2D eigenvalue weighted by atomic mass is 19.1. The molecule has 2 N–H and O–H groups in total. The zero-order chi connectivity index (χ0) is 13.9. The first kappa shape index (κ1) is 13.7. The smallest absolute Gasteiger partial charge is 0.141 e. The summed E-state index contributed by atoms with van der Waals surface area (Å²) >= 11 is 0. The van der Waals surface area contributed by atoms with E-state index < -0.39 is 5.54 Å². The molecular formula is C14H19FN4. The molecule has 0 aliphatic heterocycles. The summed E-state index contributed by atoms with van der Waals surface area (Å²) < 4.78 is 14.8. The minimum Gasteiger partial charge on any atom is -0.320 e. The van der Waals surface area contributed by atoms with E-state index >= 15 is 0 Å². The zero-order valence-corrected chi connectivity index (χ0v) is 11.3. The second-order valence-electron chi connectivity index (χ2n) is 4.82. The van der Waals surface area contributed by atoms with Crippen molar-refractivity contribution < 1.29 is 4.39 Å². The predicted molar refractivity (Wildman–Crippen MR) is 71.9 cm³/mol. The number of hydrogen-bond donors (Lipinski definition) is 1. The SMILES string of the molecule is CCC(N)(CCc1ccnn1C)c1ccc(F)cn1. The van der Waals surface area contributed by atoms with Crippen molar-refractivity contribution in [1.29, 1.82) is 0 Å². The molecule has 0 bridgehead atoms. The molecule has 0 radical (unpaired) electrons. The van der Waals surface area contributed by atoms with Gasteiger partial charge in [0.05, 0.1) is 17.4 Å². The van der Waals surface area contributed by atoms with Crippen LogP contribution in [0, 0.1) is 5.82 Å². The summed E-state index contributed by atoms with van der Waals surface area (Å²) in [7, 11) is 1.91. The molecule has 2 aromatic rings. The Morgan fingerprint density at radius 3 is 2.68 bits per heavy atom. The first-order valence-corrected chi connectivity index (χ1v) is 6.43. The van der Waals surface area contributed by atoms with Crippen LogP contribution in [-0.4, -0.2) is 14.8 Å². The van der Waals surface area contributed by atoms with E-state index in [1.165, 1.54) is 12.3 Å². The molecule has 5 heteroatoms. The van der Waals surface area contributed by atoms with Crippen molar-refractivity contribution in [3.63, 3.8) is 0 Å². The van der Waals surface area contributed by atoms with Gasteiger partial charge in [-0.25, -0.2) is 4.39 Å². The quantitative estimate of drug-likeness (QED) is 0.898. The van der Waals surface area contributed by atoms with Crippen molar-refractivity contribution in [2.75, 3.05) is 0 Å². The highest BCUT2D eigenvalue weighted by molar-refractivity contribution is 5.16. The van der Waals surface area contributed by atoms with Crippen molar-refractivity contribution >= 4 is 0 Å². The highest BCUT2D eigenvalue weighted by Gasteiger charge is 2.26. The van der Waals surface area contributed by atoms with Gasteiger partial charge in [0, 0.05) is 18.9 Å². The van der Waals surface area contributed by atoms with Gasteiger partial charge in [0.2, 0.25) is 0 Å². The van der Waals surface area contributed by atoms with E-state index in [0.717, 1.165) is 30.7 Å². The van der Waals surface area contributed by atoms with E-state index in [2.05, 4.69) is 10.1 Å². The number of aromatic nitrogens is 3. The number of rotatable bonds is 5. The Hall–Kier alpha value is -1.75. The van der Waals surface area contributed by atoms with Gasteiger partial charge in [0.25, 0.3) is 0 Å². The summed E-state index contributed by atoms with van der Waals surface area (Å²) in [5, 5.41) is 4.14. The van der Waals surface area contributed by atoms with E-state index in [-0.39, 0.29) is 5.82 Å². The maximum atomic E-state index is 12.9. The molecule has 0 saturated carbocycles. The van der Waals surface area contributed by atoms with E-state index in [4.69, 9.17) is 5.73 Å². The number of halogens is 1. The number of hydrogen-bond acceptors (Lipinski definition) is 3. The second-order valence-corrected chi connectivity index (χ2v) is 4.82. The van der Waals surface area contributed by atoms with Crippen LogP contribution in [0.25, 0.3) is 0 Å². The molecule has 1 unspecified atom stereocenters. The fraction of sp³-hybridized carbons (Fsp3) is 0.429. The minimum absolute atomic E-state index is 0.339. The molecule has 2 aromatic heterocycles. The lowest BCUT2D eigenvalue weighted by molar-refractivity contribution is 0.378. The molecule has 0 spiro atoms. The normalized spacial score (nSPS) is 14.3. The molecule has 0 aromatic carbocycles. The van der Waals surface area contributed by atoms with Gasteiger partial charge in [-0.2, -0.15) is 5.10 Å². The Kier molecular flexibility index (Phi) is 3.95. The summed E-state index contributed by atoms with van der Waals surface area (Å²) in [5.74, 6) is -0.339. The lowest BCUT2D eigenvalue weighted by Gasteiger charge is -2.27. The van der Waals surface area contributed by atoms with Crippen molar-refractivity contribution in [2.24, 2.45) is 12.8 Å². The average molecular weight is 262 g/mol. The molecule has 102 valence electrons. The monoisotopic (exact) mass is 262 g/mol. The standard InChI is InChI=1S/C14H19FN4/c1-3-14(16,13-5-4-11(15)10-17-13)8-6-12-7-9-18-19(12)2/h4-5,7,9-10H,3,6,8,16H2,1-2H3. The summed E-state index contributed by atoms with van der Waals surface area (Å²) in [6, 6.07) is 5.06. The second kappa shape index (κ2) is 5.48. The Bertz CT molecular complexity index is 535. The summed E-state index contributed by atoms with van der Waals surface area (Å²) in [6.45, 7) is 2.02. The van der Waals surface area contributed by atoms with E-state index in [1.54, 1.807) is 12.3 Å². The predicted octanol–water partition coefficient (Wildman–Crippen LogP) is 2.15. The molecule has 0 fully saturated rings. The summed E-state index contributed by atoms with van der Waals surface area (Å²) in [6.07, 6.45) is 5.32. The fourth-order valence-corrected chi connectivity index (χ4v) is 2.15. The number of aryl methyl sites for hydroxylation is 2. The van der Waals surface area contributed by atoms with Crippen LogP contribution < -0.4 is 5.73 Å². The van der Waals surface area contributed by atoms with Crippen molar-refractivity contribution in [3.05, 3.63) is 47.8 Å². The van der Waals surface area contributed by atoms with Gasteiger partial charge in [-0.15, -0.1) is 0 Å². The molecule has 1 atom stereocenters. The van der Waals surface area contributed by atoms with Crippen molar-refractivity contribution in [3.8, 4) is 0 Å². The lowest BCUT2D eigenvalue weighted by atomic mass is 9.87. The molecule has 0 saturated heterocycles. The maximum absolute atomic E-state index is 12.9. The Labute approximate surface area is 112 Å². The van der Waals surface area contributed by atoms with Crippen LogP contribution in [0.4, 0.5) is 4.39 Å². The van der Waals surface area contributed by atoms with Crippen LogP contribution >= 0.6 is 0 Å². The van der Waals surface area contributed by atoms with Gasteiger partial charge in [-0.3, -0.25) is 9.67 Å². The van der Waals surface area contributed by atoms with Gasteiger partial charge in [0.15, 0.2) is 0 Å². The van der Waals surface area contributed by atoms with Gasteiger partial charge in [0.1, 0.15) is 5.82 Å². The first-order valence-electron chi connectivity index (χ1n) is 6.43. The fourth-order valence-electron chi connectivity index (χ4n) is 2.15. The molecule has 0 amide bonds. The lowest BCUT2D eigenvalue weighted by Crippen LogP contribution is -2.37. The number of nitrogens with two attached hydrogens (primary N) is 1. The number of nitrogens with zero attached hydrogens (tertiary/aromatic N) is 3. The molecular weight excluding hydrogens is 243 g/mol. The van der Waals surface area contributed by atoms with Gasteiger partial charge >= 0.3 is 0 Å². The van der Waals surface area contributed by atoms with Gasteiger partial charge in [-0.05, 0) is 37.5 Å². The molecule has 2 rings (SSSR count). The van der Waals surface area contributed by atoms with Crippen LogP contribution in [0.3, 0.4) is 0 Å². The van der Waals surface area contributed by atoms with Crippen LogP contribution in [0.2, 0.25) is 0 Å². The van der Waals surface area contributed by atoms with Crippen LogP contribution in [0.15, 0.2) is 30.6 Å². The van der Waals surface area contributed by atoms with Crippen LogP contribution in [0.1, 0.15) is 31.2 Å². The first-order chi connectivity index (χ1) is 9.05. The Morgan fingerprint density at radius 1 is 1.37 bits per heavy atom. The third-order valence-electron chi connectivity index (χ3n) is 3.62. The third kappa shape index (κ3) is 2.98. The van der Waals surface area contributed by atoms with Crippen molar-refractivity contribution in [2.45, 2.75) is 31.7 Å². The Balaban J connectivity index is 2.14. The Morgan fingerprint density at radius 2 is 2.16 bits per heavy atom. The highest BCUT2D eigenvalue weighted by Crippen LogP contribution is 2.26. The van der Waals surface area contributed by atoms with Crippen LogP contribution in [-0.2, 0) is 19.0 Å². The molecule has 2 heterocycles.